The molecule has 5 nitrogen and oxygen atoms in total. The van der Waals surface area contributed by atoms with Gasteiger partial charge in [-0.25, -0.2) is 4.79 Å². The Morgan fingerprint density at radius 3 is 2.80 bits per heavy atom. The maximum atomic E-state index is 11.5. The maximum absolute atomic E-state index is 11.5. The second kappa shape index (κ2) is 5.70. The van der Waals surface area contributed by atoms with Gasteiger partial charge in [0.1, 0.15) is 12.1 Å². The molecular formula is C10H17NO4. The quantitative estimate of drug-likeness (QED) is 0.701. The van der Waals surface area contributed by atoms with Gasteiger partial charge >= 0.3 is 5.97 Å². The smallest absolute Gasteiger partial charge is 0.326 e. The summed E-state index contributed by atoms with van der Waals surface area (Å²) in [5.74, 6) is -1.28. The van der Waals surface area contributed by atoms with Crippen LogP contribution in [0.5, 0.6) is 0 Å². The topological polar surface area (TPSA) is 75.6 Å². The molecule has 0 radical (unpaired) electrons. The molecule has 1 amide bonds. The first-order chi connectivity index (χ1) is 7.15. The van der Waals surface area contributed by atoms with Crippen molar-refractivity contribution in [3.8, 4) is 0 Å². The van der Waals surface area contributed by atoms with Gasteiger partial charge in [0, 0.05) is 6.61 Å². The van der Waals surface area contributed by atoms with Crippen molar-refractivity contribution in [1.82, 2.24) is 5.32 Å². The molecule has 0 saturated carbocycles. The molecule has 1 saturated heterocycles. The fraction of sp³-hybridized carbons (Fsp3) is 0.800. The number of amides is 1. The van der Waals surface area contributed by atoms with Crippen molar-refractivity contribution in [2.45, 2.75) is 44.8 Å². The molecule has 1 fully saturated rings. The molecule has 15 heavy (non-hydrogen) atoms. The number of ether oxygens (including phenoxy) is 1. The number of rotatable bonds is 5. The van der Waals surface area contributed by atoms with Crippen LogP contribution in [0.15, 0.2) is 0 Å². The molecule has 0 unspecified atom stereocenters. The Bertz CT molecular complexity index is 236. The van der Waals surface area contributed by atoms with Gasteiger partial charge in [0.2, 0.25) is 5.91 Å². The molecule has 0 aromatic rings. The largest absolute Gasteiger partial charge is 0.480 e. The highest BCUT2D eigenvalue weighted by molar-refractivity contribution is 5.86. The Morgan fingerprint density at radius 2 is 2.33 bits per heavy atom. The highest BCUT2D eigenvalue weighted by atomic mass is 16.5. The van der Waals surface area contributed by atoms with Crippen molar-refractivity contribution in [2.75, 3.05) is 6.61 Å². The molecule has 0 aromatic heterocycles. The maximum Gasteiger partial charge on any atom is 0.326 e. The number of nitrogens with one attached hydrogen (secondary N) is 1. The third kappa shape index (κ3) is 3.51. The number of hydrogen-bond acceptors (Lipinski definition) is 3. The molecule has 5 heteroatoms. The number of hydrogen-bond donors (Lipinski definition) is 2. The molecule has 1 aliphatic heterocycles. The van der Waals surface area contributed by atoms with Crippen molar-refractivity contribution in [2.24, 2.45) is 0 Å². The highest BCUT2D eigenvalue weighted by Gasteiger charge is 2.27. The molecule has 1 aliphatic rings. The normalized spacial score (nSPS) is 22.3. The van der Waals surface area contributed by atoms with E-state index in [0.717, 1.165) is 12.8 Å². The summed E-state index contributed by atoms with van der Waals surface area (Å²) in [4.78, 5) is 22.3. The molecule has 1 heterocycles. The standard InChI is InChI=1S/C10H17NO4/c1-2-4-7(10(13)14)11-9(12)8-5-3-6-15-8/h7-8H,2-6H2,1H3,(H,11,12)(H,13,14)/t7-,8-/m0/s1. The fourth-order valence-electron chi connectivity index (χ4n) is 1.60. The van der Waals surface area contributed by atoms with Crippen molar-refractivity contribution in [3.63, 3.8) is 0 Å². The Morgan fingerprint density at radius 1 is 1.60 bits per heavy atom. The lowest BCUT2D eigenvalue weighted by Crippen LogP contribution is -2.45. The number of carbonyl (C=O) groups excluding carboxylic acids is 1. The summed E-state index contributed by atoms with van der Waals surface area (Å²) < 4.78 is 5.17. The van der Waals surface area contributed by atoms with E-state index >= 15 is 0 Å². The van der Waals surface area contributed by atoms with Crippen molar-refractivity contribution < 1.29 is 19.4 Å². The van der Waals surface area contributed by atoms with Crippen molar-refractivity contribution in [3.05, 3.63) is 0 Å². The van der Waals surface area contributed by atoms with Gasteiger partial charge in [-0.2, -0.15) is 0 Å². The zero-order valence-corrected chi connectivity index (χ0v) is 8.86. The van der Waals surface area contributed by atoms with Crippen LogP contribution in [0.4, 0.5) is 0 Å². The second-order valence-electron chi connectivity index (χ2n) is 3.69. The number of aliphatic carboxylic acids is 1. The van der Waals surface area contributed by atoms with Crippen molar-refractivity contribution >= 4 is 11.9 Å². The van der Waals surface area contributed by atoms with E-state index in [2.05, 4.69) is 5.32 Å². The Labute approximate surface area is 88.8 Å². The van der Waals surface area contributed by atoms with Crippen LogP contribution >= 0.6 is 0 Å². The van der Waals surface area contributed by atoms with Crippen LogP contribution in [0.25, 0.3) is 0 Å². The summed E-state index contributed by atoms with van der Waals surface area (Å²) in [5, 5.41) is 11.3. The van der Waals surface area contributed by atoms with E-state index in [1.807, 2.05) is 6.92 Å². The zero-order valence-electron chi connectivity index (χ0n) is 8.86. The van der Waals surface area contributed by atoms with Gasteiger partial charge in [0.05, 0.1) is 0 Å². The Balaban J connectivity index is 2.42. The lowest BCUT2D eigenvalue weighted by atomic mass is 10.1. The van der Waals surface area contributed by atoms with E-state index in [0.29, 0.717) is 19.4 Å². The third-order valence-corrected chi connectivity index (χ3v) is 2.41. The second-order valence-corrected chi connectivity index (χ2v) is 3.69. The minimum atomic E-state index is -0.983. The Hall–Kier alpha value is -1.10. The van der Waals surface area contributed by atoms with Crippen LogP contribution in [0.2, 0.25) is 0 Å². The summed E-state index contributed by atoms with van der Waals surface area (Å²) in [6.07, 6.45) is 2.27. The van der Waals surface area contributed by atoms with Crippen molar-refractivity contribution in [1.29, 1.82) is 0 Å². The lowest BCUT2D eigenvalue weighted by molar-refractivity contribution is -0.143. The third-order valence-electron chi connectivity index (χ3n) is 2.41. The molecule has 1 rings (SSSR count). The number of carboxylic acid groups (broad SMARTS) is 1. The average Bonchev–Trinajstić information content (AvgIpc) is 2.69. The zero-order chi connectivity index (χ0) is 11.3. The van der Waals surface area contributed by atoms with Gasteiger partial charge in [-0.3, -0.25) is 4.79 Å². The first-order valence-corrected chi connectivity index (χ1v) is 5.30. The van der Waals surface area contributed by atoms with Gasteiger partial charge in [-0.1, -0.05) is 13.3 Å². The van der Waals surface area contributed by atoms with Gasteiger partial charge in [0.25, 0.3) is 0 Å². The lowest BCUT2D eigenvalue weighted by Gasteiger charge is -2.16. The van der Waals surface area contributed by atoms with E-state index in [-0.39, 0.29) is 5.91 Å². The number of carboxylic acids is 1. The molecule has 86 valence electrons. The first kappa shape index (κ1) is 12.0. The summed E-state index contributed by atoms with van der Waals surface area (Å²) in [5.41, 5.74) is 0. The SMILES string of the molecule is CCC[C@H](NC(=O)[C@@H]1CCCO1)C(=O)O. The summed E-state index contributed by atoms with van der Waals surface area (Å²) in [7, 11) is 0. The average molecular weight is 215 g/mol. The monoisotopic (exact) mass is 215 g/mol. The van der Waals surface area contributed by atoms with Gasteiger partial charge < -0.3 is 15.2 Å². The van der Waals surface area contributed by atoms with E-state index in [4.69, 9.17) is 9.84 Å². The van der Waals surface area contributed by atoms with Crippen LogP contribution in [-0.2, 0) is 14.3 Å². The van der Waals surface area contributed by atoms with Gasteiger partial charge in [-0.05, 0) is 19.3 Å². The molecular weight excluding hydrogens is 198 g/mol. The van der Waals surface area contributed by atoms with Crippen LogP contribution < -0.4 is 5.32 Å². The summed E-state index contributed by atoms with van der Waals surface area (Å²) in [6, 6.07) is -0.785. The van der Waals surface area contributed by atoms with Crippen LogP contribution in [-0.4, -0.2) is 35.7 Å². The van der Waals surface area contributed by atoms with Crippen LogP contribution in [0.3, 0.4) is 0 Å². The summed E-state index contributed by atoms with van der Waals surface area (Å²) in [6.45, 7) is 2.47. The van der Waals surface area contributed by atoms with E-state index in [1.54, 1.807) is 0 Å². The number of carbonyl (C=O) groups is 2. The molecule has 0 bridgehead atoms. The predicted molar refractivity (Wildman–Crippen MR) is 53.4 cm³/mol. The first-order valence-electron chi connectivity index (χ1n) is 5.30. The molecule has 0 aliphatic carbocycles. The predicted octanol–water partition coefficient (Wildman–Crippen LogP) is 0.535. The molecule has 2 atom stereocenters. The fourth-order valence-corrected chi connectivity index (χ4v) is 1.60. The van der Waals surface area contributed by atoms with Gasteiger partial charge in [-0.15, -0.1) is 0 Å². The van der Waals surface area contributed by atoms with E-state index in [9.17, 15) is 9.59 Å². The van der Waals surface area contributed by atoms with Crippen LogP contribution in [0, 0.1) is 0 Å². The van der Waals surface area contributed by atoms with Gasteiger partial charge in [0.15, 0.2) is 0 Å². The Kier molecular flexibility index (Phi) is 4.55. The van der Waals surface area contributed by atoms with E-state index < -0.39 is 18.1 Å². The minimum absolute atomic E-state index is 0.298. The minimum Gasteiger partial charge on any atom is -0.480 e. The molecule has 0 spiro atoms. The molecule has 2 N–H and O–H groups in total. The summed E-state index contributed by atoms with van der Waals surface area (Å²) >= 11 is 0. The van der Waals surface area contributed by atoms with Crippen LogP contribution in [0.1, 0.15) is 32.6 Å². The van der Waals surface area contributed by atoms with E-state index in [1.165, 1.54) is 0 Å². The molecule has 0 aromatic carbocycles. The highest BCUT2D eigenvalue weighted by Crippen LogP contribution is 2.12.